The number of carbonyl (C=O) groups excluding carboxylic acids is 4. The van der Waals surface area contributed by atoms with Gasteiger partial charge in [0.2, 0.25) is 11.8 Å². The van der Waals surface area contributed by atoms with Crippen molar-refractivity contribution < 1.29 is 32.7 Å². The van der Waals surface area contributed by atoms with Crippen molar-refractivity contribution in [2.24, 2.45) is 11.8 Å². The average Bonchev–Trinajstić information content (AvgIpc) is 3.33. The van der Waals surface area contributed by atoms with Crippen molar-refractivity contribution in [3.8, 4) is 0 Å². The summed E-state index contributed by atoms with van der Waals surface area (Å²) in [6.45, 7) is 4.26. The van der Waals surface area contributed by atoms with Crippen molar-refractivity contribution in [3.05, 3.63) is 70.7 Å². The third-order valence-corrected chi connectivity index (χ3v) is 7.53. The Morgan fingerprint density at radius 2 is 1.93 bits per heavy atom. The van der Waals surface area contributed by atoms with Crippen LogP contribution in [0.3, 0.4) is 0 Å². The molecule has 3 rings (SSSR count). The Labute approximate surface area is 241 Å². The van der Waals surface area contributed by atoms with E-state index in [0.29, 0.717) is 37.6 Å². The molecule has 0 unspecified atom stereocenters. The zero-order valence-electron chi connectivity index (χ0n) is 22.1. The number of nitrogens with one attached hydrogen (secondary N) is 3. The van der Waals surface area contributed by atoms with Crippen molar-refractivity contribution >= 4 is 47.7 Å². The highest BCUT2D eigenvalue weighted by Gasteiger charge is 2.45. The van der Waals surface area contributed by atoms with Gasteiger partial charge < -0.3 is 20.2 Å². The number of ether oxygens (including phenoxy) is 1. The molecule has 3 N–H and O–H groups in total. The van der Waals surface area contributed by atoms with Crippen molar-refractivity contribution in [2.45, 2.75) is 56.4 Å². The first kappa shape index (κ1) is 31.3. The van der Waals surface area contributed by atoms with Gasteiger partial charge in [0.15, 0.2) is 6.10 Å². The van der Waals surface area contributed by atoms with Crippen LogP contribution in [0.1, 0.15) is 50.3 Å². The number of halogens is 3. The maximum absolute atomic E-state index is 15.6. The fourth-order valence-corrected chi connectivity index (χ4v) is 5.45. The first-order valence-electron chi connectivity index (χ1n) is 12.9. The summed E-state index contributed by atoms with van der Waals surface area (Å²) in [5, 5.41) is 4.57. The van der Waals surface area contributed by atoms with E-state index < -0.39 is 40.9 Å². The lowest BCUT2D eigenvalue weighted by atomic mass is 9.97. The van der Waals surface area contributed by atoms with Gasteiger partial charge in [-0.3, -0.25) is 14.3 Å². The van der Waals surface area contributed by atoms with Crippen LogP contribution in [0.25, 0.3) is 0 Å². The van der Waals surface area contributed by atoms with E-state index in [0.717, 1.165) is 6.07 Å². The van der Waals surface area contributed by atoms with Gasteiger partial charge in [-0.25, -0.2) is 4.79 Å². The highest BCUT2D eigenvalue weighted by molar-refractivity contribution is 7.99. The van der Waals surface area contributed by atoms with Crippen LogP contribution >= 0.6 is 23.5 Å². The molecule has 4 atom stereocenters. The van der Waals surface area contributed by atoms with Gasteiger partial charge in [-0.2, -0.15) is 8.78 Å². The lowest BCUT2D eigenvalue weighted by Crippen LogP contribution is -2.44. The number of benzene rings is 2. The summed E-state index contributed by atoms with van der Waals surface area (Å²) < 4.78 is 38.8. The summed E-state index contributed by atoms with van der Waals surface area (Å²) in [5.74, 6) is -4.68. The van der Waals surface area contributed by atoms with E-state index in [1.54, 1.807) is 18.2 Å². The molecule has 3 amide bonds. The molecule has 0 spiro atoms. The van der Waals surface area contributed by atoms with Gasteiger partial charge >= 0.3 is 12.0 Å². The fraction of sp³-hybridized carbons (Fsp3) is 0.429. The maximum atomic E-state index is 15.6. The van der Waals surface area contributed by atoms with E-state index in [2.05, 4.69) is 15.4 Å². The van der Waals surface area contributed by atoms with E-state index >= 15 is 8.78 Å². The molecule has 1 fully saturated rings. The molecule has 0 radical (unpaired) electrons. The highest BCUT2D eigenvalue weighted by atomic mass is 35.5. The largest absolute Gasteiger partial charge is 0.434 e. The molecule has 216 valence electrons. The monoisotopic (exact) mass is 595 g/mol. The van der Waals surface area contributed by atoms with E-state index in [1.807, 2.05) is 13.8 Å². The number of carbonyl (C=O) groups is 4. The molecular weight excluding hydrogens is 564 g/mol. The zero-order chi connectivity index (χ0) is 29.3. The van der Waals surface area contributed by atoms with Gasteiger partial charge in [-0.05, 0) is 54.8 Å². The molecule has 12 heteroatoms. The molecule has 0 aromatic heterocycles. The first-order chi connectivity index (χ1) is 19.0. The second-order valence-electron chi connectivity index (χ2n) is 9.93. The van der Waals surface area contributed by atoms with Gasteiger partial charge in [-0.1, -0.05) is 67.9 Å². The summed E-state index contributed by atoms with van der Waals surface area (Å²) >= 11 is 6.64. The minimum absolute atomic E-state index is 0.0283. The summed E-state index contributed by atoms with van der Waals surface area (Å²) in [6, 6.07) is 11.8. The number of hydrogen-bond donors (Lipinski definition) is 3. The molecule has 0 aliphatic carbocycles. The average molecular weight is 596 g/mol. The maximum Gasteiger partial charge on any atom is 0.418 e. The smallest absolute Gasteiger partial charge is 0.418 e. The van der Waals surface area contributed by atoms with Crippen molar-refractivity contribution in [2.75, 3.05) is 6.54 Å². The molecule has 1 aliphatic rings. The predicted molar refractivity (Wildman–Crippen MR) is 149 cm³/mol. The highest BCUT2D eigenvalue weighted by Crippen LogP contribution is 2.43. The lowest BCUT2D eigenvalue weighted by Gasteiger charge is -2.28. The van der Waals surface area contributed by atoms with E-state index in [1.165, 1.54) is 30.3 Å². The van der Waals surface area contributed by atoms with Crippen LogP contribution in [-0.2, 0) is 25.0 Å². The quantitative estimate of drug-likeness (QED) is 0.217. The molecule has 0 saturated carbocycles. The molecule has 1 saturated heterocycles. The van der Waals surface area contributed by atoms with Crippen LogP contribution in [0.4, 0.5) is 13.6 Å². The lowest BCUT2D eigenvalue weighted by molar-refractivity contribution is -0.126. The van der Waals surface area contributed by atoms with E-state index in [9.17, 15) is 19.2 Å². The second kappa shape index (κ2) is 14.5. The van der Waals surface area contributed by atoms with Gasteiger partial charge in [0.1, 0.15) is 11.5 Å². The number of rotatable bonds is 13. The van der Waals surface area contributed by atoms with Crippen LogP contribution in [-0.4, -0.2) is 42.0 Å². The van der Waals surface area contributed by atoms with Crippen LogP contribution in [0, 0.1) is 11.8 Å². The Bertz CT molecular complexity index is 1190. The molecule has 1 heterocycles. The van der Waals surface area contributed by atoms with Crippen LogP contribution < -0.4 is 15.4 Å². The third kappa shape index (κ3) is 8.66. The Kier molecular flexibility index (Phi) is 11.3. The normalized spacial score (nSPS) is 17.4. The molecule has 2 aromatic carbocycles. The SMILES string of the molecule is CC(C)C[C@H](SNC(=O)O[C@@H](c1ccccc1)C(F)(F)c1cccc(Cl)c1)C(=O)N[C@H](C=O)C[C@@H]1CCNC1=O. The van der Waals surface area contributed by atoms with Gasteiger partial charge in [-0.15, -0.1) is 0 Å². The first-order valence-corrected chi connectivity index (χ1v) is 14.1. The van der Waals surface area contributed by atoms with Gasteiger partial charge in [0.05, 0.1) is 6.04 Å². The predicted octanol–water partition coefficient (Wildman–Crippen LogP) is 5.17. The summed E-state index contributed by atoms with van der Waals surface area (Å²) in [6.07, 6.45) is -1.54. The third-order valence-electron chi connectivity index (χ3n) is 6.32. The number of aldehydes is 1. The van der Waals surface area contributed by atoms with Crippen LogP contribution in [0.2, 0.25) is 5.02 Å². The number of amides is 3. The molecular formula is C28H32ClF2N3O5S. The zero-order valence-corrected chi connectivity index (χ0v) is 23.6. The fourth-order valence-electron chi connectivity index (χ4n) is 4.31. The van der Waals surface area contributed by atoms with Crippen molar-refractivity contribution in [1.29, 1.82) is 0 Å². The minimum Gasteiger partial charge on any atom is -0.434 e. The summed E-state index contributed by atoms with van der Waals surface area (Å²) in [4.78, 5) is 49.3. The standard InChI is InChI=1S/C28H32ClF2N3O5S/c1-17(2)13-23(26(37)33-22(16-35)14-19-11-12-32-25(19)36)40-34-27(38)39-24(18-7-4-3-5-8-18)28(30,31)20-9-6-10-21(29)15-20/h3-10,15-17,19,22-24H,11-14H2,1-2H3,(H,32,36)(H,33,37)(H,34,38)/t19-,22-,23-,24-/m0/s1. The number of alkyl halides is 2. The molecule has 2 aromatic rings. The second-order valence-corrected chi connectivity index (χ2v) is 11.4. The minimum atomic E-state index is -3.63. The van der Waals surface area contributed by atoms with Crippen LogP contribution in [0.5, 0.6) is 0 Å². The van der Waals surface area contributed by atoms with E-state index in [4.69, 9.17) is 16.3 Å². The Balaban J connectivity index is 1.70. The van der Waals surface area contributed by atoms with Gasteiger partial charge in [0.25, 0.3) is 0 Å². The topological polar surface area (TPSA) is 114 Å². The molecule has 8 nitrogen and oxygen atoms in total. The van der Waals surface area contributed by atoms with E-state index in [-0.39, 0.29) is 34.7 Å². The van der Waals surface area contributed by atoms with Crippen LogP contribution in [0.15, 0.2) is 54.6 Å². The molecule has 40 heavy (non-hydrogen) atoms. The summed E-state index contributed by atoms with van der Waals surface area (Å²) in [5.41, 5.74) is -0.365. The summed E-state index contributed by atoms with van der Waals surface area (Å²) in [7, 11) is 0. The van der Waals surface area contributed by atoms with Gasteiger partial charge in [0, 0.05) is 23.0 Å². The molecule has 0 bridgehead atoms. The molecule has 1 aliphatic heterocycles. The van der Waals surface area contributed by atoms with Crippen molar-refractivity contribution in [1.82, 2.24) is 15.4 Å². The Morgan fingerprint density at radius 3 is 2.52 bits per heavy atom. The number of hydrogen-bond acceptors (Lipinski definition) is 6. The van der Waals surface area contributed by atoms with Crippen molar-refractivity contribution in [3.63, 3.8) is 0 Å². The Morgan fingerprint density at radius 1 is 1.20 bits per heavy atom. The Hall–Kier alpha value is -3.18.